The Kier molecular flexibility index (Phi) is 135. The van der Waals surface area contributed by atoms with Crippen LogP contribution in [0.5, 0.6) is 0 Å². The molecule has 0 aromatic carbocycles. The number of hydrogen-bond donors (Lipinski definition) is 0. The third-order valence-electron chi connectivity index (χ3n) is 0. The van der Waals surface area contributed by atoms with E-state index < -0.39 is 0 Å². The maximum Gasteiger partial charge on any atom is -0.147 e. The summed E-state index contributed by atoms with van der Waals surface area (Å²) in [5, 5.41) is 0. The minimum atomic E-state index is 0. The molecule has 0 unspecified atom stereocenters. The van der Waals surface area contributed by atoms with Gasteiger partial charge in [0.1, 0.15) is 0 Å². The van der Waals surface area contributed by atoms with Crippen molar-refractivity contribution in [3.63, 3.8) is 0 Å². The van der Waals surface area contributed by atoms with E-state index >= 15 is 0 Å². The van der Waals surface area contributed by atoms with Gasteiger partial charge in [-0.05, 0) is 0 Å². The molecule has 0 N–H and O–H groups in total. The summed E-state index contributed by atoms with van der Waals surface area (Å²) in [6, 6.07) is 0. The molecule has 0 heterocycles. The van der Waals surface area contributed by atoms with Crippen LogP contribution < -0.4 is 0 Å². The number of hydrogen-bond acceptors (Lipinski definition) is 0. The van der Waals surface area contributed by atoms with E-state index in [0.29, 0.717) is 0 Å². The Balaban J connectivity index is -0.00000000667. The average molecular weight is 208 g/mol. The molecule has 0 aliphatic carbocycles. The van der Waals surface area contributed by atoms with Gasteiger partial charge in [-0.15, -0.1) is 37.2 Å². The molecule has 0 aliphatic rings. The summed E-state index contributed by atoms with van der Waals surface area (Å²) in [5.74, 6) is 0. The van der Waals surface area contributed by atoms with Crippen molar-refractivity contribution in [2.75, 3.05) is 0 Å². The smallest absolute Gasteiger partial charge is 0.147 e. The second-order valence-electron chi connectivity index (χ2n) is 0.408. The molecule has 0 saturated heterocycles. The van der Waals surface area contributed by atoms with E-state index in [1.54, 1.807) is 18.6 Å². The van der Waals surface area contributed by atoms with Crippen LogP contribution in [0.15, 0.2) is 0 Å². The fourth-order valence-electron chi connectivity index (χ4n) is 0. The summed E-state index contributed by atoms with van der Waals surface area (Å²) in [6.07, 6.45) is 0. The van der Waals surface area contributed by atoms with Crippen LogP contribution in [0.1, 0.15) is 6.92 Å². The Morgan fingerprint density at radius 1 is 1.17 bits per heavy atom. The molecule has 0 aliphatic heterocycles. The first kappa shape index (κ1) is 25.8. The molecule has 0 fully saturated rings. The van der Waals surface area contributed by atoms with E-state index in [0.717, 1.165) is 0 Å². The molecule has 40 valence electrons. The Morgan fingerprint density at radius 3 is 1.17 bits per heavy atom. The third kappa shape index (κ3) is 49.3. The van der Waals surface area contributed by atoms with Crippen molar-refractivity contribution in [3.8, 4) is 0 Å². The van der Waals surface area contributed by atoms with Gasteiger partial charge in [-0.2, -0.15) is 0 Å². The van der Waals surface area contributed by atoms with E-state index in [9.17, 15) is 0 Å². The van der Waals surface area contributed by atoms with Gasteiger partial charge in [0.2, 0.25) is 0 Å². The van der Waals surface area contributed by atoms with E-state index in [4.69, 9.17) is 0 Å². The predicted molar refractivity (Wildman–Crippen MR) is 38.0 cm³/mol. The van der Waals surface area contributed by atoms with Crippen molar-refractivity contribution in [3.05, 3.63) is 0 Å². The van der Waals surface area contributed by atoms with Crippen molar-refractivity contribution >= 4 is 55.8 Å². The molecule has 2 radical (unpaired) electrons. The van der Waals surface area contributed by atoms with Crippen molar-refractivity contribution in [1.82, 2.24) is 0 Å². The Morgan fingerprint density at radius 2 is 1.17 bits per heavy atom. The van der Waals surface area contributed by atoms with Crippen LogP contribution in [-0.4, -0.2) is 18.6 Å². The minimum Gasteiger partial charge on any atom is -0.147 e. The van der Waals surface area contributed by atoms with Gasteiger partial charge in [-0.3, -0.25) is 0 Å². The van der Waals surface area contributed by atoms with Crippen LogP contribution in [0.3, 0.4) is 0 Å². The quantitative estimate of drug-likeness (QED) is 0.533. The van der Waals surface area contributed by atoms with Gasteiger partial charge in [0.05, 0.1) is 0 Å². The summed E-state index contributed by atoms with van der Waals surface area (Å²) >= 11 is 1.78. The van der Waals surface area contributed by atoms with Gasteiger partial charge in [0.15, 0.2) is 0 Å². The van der Waals surface area contributed by atoms with Crippen LogP contribution in [0.25, 0.3) is 0 Å². The standard InChI is InChI=1S/C2H5.3ClH.Ga/c1-2;;;;/h1H2,2H3;3*1H;. The Hall–Kier alpha value is 1.51. The fraction of sp³-hybridized carbons (Fsp3) is 1.00. The molecule has 0 nitrogen and oxygen atoms in total. The van der Waals surface area contributed by atoms with Crippen molar-refractivity contribution < 1.29 is 0 Å². The molecule has 0 bridgehead atoms. The van der Waals surface area contributed by atoms with Gasteiger partial charge >= 0.3 is 30.5 Å². The summed E-state index contributed by atoms with van der Waals surface area (Å²) in [7, 11) is 0. The maximum atomic E-state index is 2.15. The van der Waals surface area contributed by atoms with Crippen LogP contribution >= 0.6 is 37.2 Å². The Bertz CT molecular complexity index is 8.75. The zero-order chi connectivity index (χ0) is 2.71. The zero-order valence-corrected chi connectivity index (χ0v) is 8.38. The molecule has 0 aromatic rings. The number of rotatable bonds is 0. The molecule has 4 heteroatoms. The zero-order valence-electron chi connectivity index (χ0n) is 3.51. The van der Waals surface area contributed by atoms with E-state index in [-0.39, 0.29) is 37.2 Å². The van der Waals surface area contributed by atoms with E-state index in [2.05, 4.69) is 6.92 Å². The SMILES string of the molecule is C[CH2][Ga].Cl.Cl.Cl. The van der Waals surface area contributed by atoms with Crippen molar-refractivity contribution in [1.29, 1.82) is 0 Å². The summed E-state index contributed by atoms with van der Waals surface area (Å²) in [5.41, 5.74) is 0. The van der Waals surface area contributed by atoms with Crippen LogP contribution in [0.2, 0.25) is 4.98 Å². The summed E-state index contributed by atoms with van der Waals surface area (Å²) < 4.78 is 0. The molecule has 0 rings (SSSR count). The molecule has 0 amide bonds. The molecule has 0 atom stereocenters. The van der Waals surface area contributed by atoms with Crippen molar-refractivity contribution in [2.45, 2.75) is 11.9 Å². The van der Waals surface area contributed by atoms with Gasteiger partial charge in [0.25, 0.3) is 0 Å². The van der Waals surface area contributed by atoms with Crippen LogP contribution in [0, 0.1) is 0 Å². The van der Waals surface area contributed by atoms with Crippen LogP contribution in [0.4, 0.5) is 0 Å². The summed E-state index contributed by atoms with van der Waals surface area (Å²) in [4.78, 5) is 1.31. The first-order valence-corrected chi connectivity index (χ1v) is 2.83. The second kappa shape index (κ2) is 31.4. The normalized spacial score (nSPS) is 2.83. The number of halogens is 3. The van der Waals surface area contributed by atoms with Crippen LogP contribution in [-0.2, 0) is 0 Å². The maximum absolute atomic E-state index is 2.15. The molecule has 0 aromatic heterocycles. The van der Waals surface area contributed by atoms with E-state index in [1.807, 2.05) is 0 Å². The monoisotopic (exact) mass is 206 g/mol. The molecular formula is C2H8Cl3Ga. The Labute approximate surface area is 67.6 Å². The largest absolute Gasteiger partial charge is 0.147 e. The molecule has 0 saturated carbocycles. The van der Waals surface area contributed by atoms with Gasteiger partial charge < -0.3 is 0 Å². The average Bonchev–Trinajstić information content (AvgIpc) is 0.918. The molecule has 0 spiro atoms. The van der Waals surface area contributed by atoms with E-state index in [1.165, 1.54) is 4.98 Å². The topological polar surface area (TPSA) is 0 Å². The minimum absolute atomic E-state index is 0. The first-order valence-electron chi connectivity index (χ1n) is 1.12. The predicted octanol–water partition coefficient (Wildman–Crippen LogP) is 1.86. The third-order valence-corrected chi connectivity index (χ3v) is 0. The molecular weight excluding hydrogens is 200 g/mol. The summed E-state index contributed by atoms with van der Waals surface area (Å²) in [6.45, 7) is 2.15. The van der Waals surface area contributed by atoms with Gasteiger partial charge in [-0.25, -0.2) is 0 Å². The van der Waals surface area contributed by atoms with Crippen molar-refractivity contribution in [2.24, 2.45) is 0 Å². The fourth-order valence-corrected chi connectivity index (χ4v) is 0. The van der Waals surface area contributed by atoms with Gasteiger partial charge in [-0.1, -0.05) is 0 Å². The van der Waals surface area contributed by atoms with Gasteiger partial charge in [0, 0.05) is 0 Å². The first-order chi connectivity index (χ1) is 1.41. The second-order valence-corrected chi connectivity index (χ2v) is 2.12. The molecule has 6 heavy (non-hydrogen) atoms.